The highest BCUT2D eigenvalue weighted by Gasteiger charge is 2.33. The third-order valence-corrected chi connectivity index (χ3v) is 4.60. The lowest BCUT2D eigenvalue weighted by Crippen LogP contribution is -2.55. The van der Waals surface area contributed by atoms with E-state index >= 15 is 0 Å². The second kappa shape index (κ2) is 11.1. The zero-order chi connectivity index (χ0) is 16.1. The number of carbonyl (C=O) groups is 2. The van der Waals surface area contributed by atoms with Crippen LogP contribution < -0.4 is 5.32 Å². The third kappa shape index (κ3) is 6.04. The fraction of sp³-hybridized carbons (Fsp3) is 0.867. The molecule has 2 N–H and O–H groups in total. The lowest BCUT2D eigenvalue weighted by Gasteiger charge is -2.36. The molecule has 2 amide bonds. The van der Waals surface area contributed by atoms with E-state index < -0.39 is 6.10 Å². The first kappa shape index (κ1) is 23.4. The van der Waals surface area contributed by atoms with Crippen LogP contribution in [0.5, 0.6) is 0 Å². The number of rotatable bonds is 5. The molecule has 2 rings (SSSR count). The number of amides is 2. The van der Waals surface area contributed by atoms with Gasteiger partial charge >= 0.3 is 0 Å². The summed E-state index contributed by atoms with van der Waals surface area (Å²) in [5, 5.41) is 12.6. The predicted octanol–water partition coefficient (Wildman–Crippen LogP) is -0.435. The van der Waals surface area contributed by atoms with Crippen LogP contribution in [0.1, 0.15) is 20.3 Å². The summed E-state index contributed by atoms with van der Waals surface area (Å²) in [5.41, 5.74) is 0. The van der Waals surface area contributed by atoms with E-state index in [1.54, 1.807) is 4.90 Å². The van der Waals surface area contributed by atoms with Crippen molar-refractivity contribution in [3.05, 3.63) is 0 Å². The van der Waals surface area contributed by atoms with Gasteiger partial charge in [-0.1, -0.05) is 13.8 Å². The molecule has 0 aromatic heterocycles. The smallest absolute Gasteiger partial charge is 0.239 e. The van der Waals surface area contributed by atoms with Gasteiger partial charge in [-0.15, -0.1) is 24.8 Å². The van der Waals surface area contributed by atoms with Crippen LogP contribution in [0.25, 0.3) is 0 Å². The number of halogens is 2. The van der Waals surface area contributed by atoms with E-state index in [1.165, 1.54) is 0 Å². The van der Waals surface area contributed by atoms with Crippen molar-refractivity contribution in [2.45, 2.75) is 32.4 Å². The van der Waals surface area contributed by atoms with Gasteiger partial charge in [-0.3, -0.25) is 14.5 Å². The number of piperazine rings is 1. The summed E-state index contributed by atoms with van der Waals surface area (Å²) in [4.78, 5) is 30.3. The van der Waals surface area contributed by atoms with E-state index in [0.29, 0.717) is 45.7 Å². The minimum atomic E-state index is -0.425. The Morgan fingerprint density at radius 2 is 1.62 bits per heavy atom. The van der Waals surface area contributed by atoms with E-state index in [4.69, 9.17) is 0 Å². The van der Waals surface area contributed by atoms with Crippen molar-refractivity contribution in [3.63, 3.8) is 0 Å². The largest absolute Gasteiger partial charge is 0.392 e. The molecule has 142 valence electrons. The van der Waals surface area contributed by atoms with Gasteiger partial charge in [-0.05, 0) is 19.5 Å². The van der Waals surface area contributed by atoms with Crippen molar-refractivity contribution >= 4 is 36.6 Å². The molecule has 0 aromatic carbocycles. The molecule has 2 atom stereocenters. The topological polar surface area (TPSA) is 76.1 Å². The first-order valence-corrected chi connectivity index (χ1v) is 8.25. The van der Waals surface area contributed by atoms with E-state index in [9.17, 15) is 14.7 Å². The fourth-order valence-electron chi connectivity index (χ4n) is 3.04. The molecule has 7 nitrogen and oxygen atoms in total. The number of hydrogen-bond donors (Lipinski definition) is 2. The summed E-state index contributed by atoms with van der Waals surface area (Å²) in [7, 11) is 0. The van der Waals surface area contributed by atoms with Gasteiger partial charge in [0.15, 0.2) is 0 Å². The minimum Gasteiger partial charge on any atom is -0.392 e. The van der Waals surface area contributed by atoms with Crippen LogP contribution in [-0.4, -0.2) is 96.1 Å². The van der Waals surface area contributed by atoms with Crippen molar-refractivity contribution < 1.29 is 14.7 Å². The molecular weight excluding hydrogens is 355 g/mol. The number of nitrogens with zero attached hydrogens (tertiary/aromatic N) is 3. The quantitative estimate of drug-likeness (QED) is 0.672. The first-order valence-electron chi connectivity index (χ1n) is 8.25. The Balaban J connectivity index is 0.00000264. The Morgan fingerprint density at radius 1 is 1.08 bits per heavy atom. The monoisotopic (exact) mass is 384 g/mol. The molecule has 2 aliphatic heterocycles. The molecule has 24 heavy (non-hydrogen) atoms. The van der Waals surface area contributed by atoms with Crippen molar-refractivity contribution in [2.24, 2.45) is 0 Å². The van der Waals surface area contributed by atoms with Gasteiger partial charge < -0.3 is 20.2 Å². The second-order valence-electron chi connectivity index (χ2n) is 6.02. The van der Waals surface area contributed by atoms with Crippen LogP contribution >= 0.6 is 24.8 Å². The normalized spacial score (nSPS) is 23.7. The maximum atomic E-state index is 12.3. The molecule has 0 saturated carbocycles. The maximum absolute atomic E-state index is 12.3. The number of nitrogens with one attached hydrogen (secondary N) is 1. The number of likely N-dealkylation sites (N-methyl/N-ethyl adjacent to an activating group) is 1. The molecule has 2 heterocycles. The zero-order valence-electron chi connectivity index (χ0n) is 14.4. The highest BCUT2D eigenvalue weighted by Crippen LogP contribution is 2.12. The minimum absolute atomic E-state index is 0. The second-order valence-corrected chi connectivity index (χ2v) is 6.02. The van der Waals surface area contributed by atoms with Gasteiger partial charge in [0.25, 0.3) is 0 Å². The van der Waals surface area contributed by atoms with Gasteiger partial charge in [0, 0.05) is 32.7 Å². The highest BCUT2D eigenvalue weighted by atomic mass is 35.5. The van der Waals surface area contributed by atoms with E-state index in [2.05, 4.69) is 24.1 Å². The van der Waals surface area contributed by atoms with E-state index in [1.807, 2.05) is 4.90 Å². The van der Waals surface area contributed by atoms with Crippen molar-refractivity contribution in [1.29, 1.82) is 0 Å². The summed E-state index contributed by atoms with van der Waals surface area (Å²) >= 11 is 0. The predicted molar refractivity (Wildman–Crippen MR) is 97.9 cm³/mol. The van der Waals surface area contributed by atoms with Crippen molar-refractivity contribution in [3.8, 4) is 0 Å². The average molecular weight is 385 g/mol. The molecule has 2 aliphatic rings. The number of carbonyl (C=O) groups excluding carboxylic acids is 2. The Morgan fingerprint density at radius 3 is 2.08 bits per heavy atom. The van der Waals surface area contributed by atoms with Gasteiger partial charge in [-0.2, -0.15) is 0 Å². The summed E-state index contributed by atoms with van der Waals surface area (Å²) in [6, 6.07) is -0.270. The summed E-state index contributed by atoms with van der Waals surface area (Å²) < 4.78 is 0. The molecule has 2 fully saturated rings. The molecule has 0 radical (unpaired) electrons. The van der Waals surface area contributed by atoms with E-state index in [-0.39, 0.29) is 42.7 Å². The lowest BCUT2D eigenvalue weighted by atomic mass is 10.1. The average Bonchev–Trinajstić information content (AvgIpc) is 2.98. The zero-order valence-corrected chi connectivity index (χ0v) is 16.1. The van der Waals surface area contributed by atoms with Gasteiger partial charge in [0.1, 0.15) is 0 Å². The van der Waals surface area contributed by atoms with Crippen LogP contribution in [0.4, 0.5) is 0 Å². The van der Waals surface area contributed by atoms with Crippen molar-refractivity contribution in [2.75, 3.05) is 52.4 Å². The Labute approximate surface area is 156 Å². The maximum Gasteiger partial charge on any atom is 0.239 e. The van der Waals surface area contributed by atoms with Crippen LogP contribution in [0.2, 0.25) is 0 Å². The first-order chi connectivity index (χ1) is 10.5. The molecule has 0 aromatic rings. The summed E-state index contributed by atoms with van der Waals surface area (Å²) in [6.07, 6.45) is 0.0609. The third-order valence-electron chi connectivity index (χ3n) is 4.60. The van der Waals surface area contributed by atoms with Crippen LogP contribution in [0, 0.1) is 0 Å². The molecule has 0 aliphatic carbocycles. The SMILES string of the molecule is CCN(CC)CC(=O)N1CCN(C(=O)C2CC(O)CN2)CC1.Cl.Cl. The lowest BCUT2D eigenvalue weighted by molar-refractivity contribution is -0.141. The Kier molecular flexibility index (Phi) is 10.8. The molecule has 0 bridgehead atoms. The van der Waals surface area contributed by atoms with Gasteiger partial charge in [0.2, 0.25) is 11.8 Å². The van der Waals surface area contributed by atoms with Crippen molar-refractivity contribution in [1.82, 2.24) is 20.0 Å². The molecule has 0 spiro atoms. The van der Waals surface area contributed by atoms with Gasteiger partial charge in [0.05, 0.1) is 18.7 Å². The molecule has 2 saturated heterocycles. The number of hydrogen-bond acceptors (Lipinski definition) is 5. The molecule has 2 unspecified atom stereocenters. The standard InChI is InChI=1S/C15H28N4O3.2ClH/c1-3-17(4-2)11-14(21)18-5-7-19(8-6-18)15(22)13-9-12(20)10-16-13;;/h12-13,16,20H,3-11H2,1-2H3;2*1H. The van der Waals surface area contributed by atoms with Crippen LogP contribution in [0.15, 0.2) is 0 Å². The Hall–Kier alpha value is -0.600. The number of aliphatic hydroxyl groups excluding tert-OH is 1. The fourth-order valence-corrected chi connectivity index (χ4v) is 3.04. The highest BCUT2D eigenvalue weighted by molar-refractivity contribution is 5.85. The number of β-amino-alcohol motifs (C(OH)–C–C–N with tert-alkyl or cyclic N) is 1. The molecular formula is C15H30Cl2N4O3. The Bertz CT molecular complexity index is 402. The summed E-state index contributed by atoms with van der Waals surface area (Å²) in [5.74, 6) is 0.192. The summed E-state index contributed by atoms with van der Waals surface area (Å²) in [6.45, 7) is 9.14. The van der Waals surface area contributed by atoms with E-state index in [0.717, 1.165) is 13.1 Å². The van der Waals surface area contributed by atoms with Crippen LogP contribution in [-0.2, 0) is 9.59 Å². The van der Waals surface area contributed by atoms with Crippen LogP contribution in [0.3, 0.4) is 0 Å². The molecule has 9 heteroatoms. The number of aliphatic hydroxyl groups is 1. The van der Waals surface area contributed by atoms with Gasteiger partial charge in [-0.25, -0.2) is 0 Å².